The van der Waals surface area contributed by atoms with Crippen molar-refractivity contribution in [2.24, 2.45) is 0 Å². The number of rotatable bonds is 10. The highest BCUT2D eigenvalue weighted by Gasteiger charge is 2.38. The van der Waals surface area contributed by atoms with Gasteiger partial charge in [0.2, 0.25) is 5.91 Å². The maximum absolute atomic E-state index is 12.9. The van der Waals surface area contributed by atoms with Crippen molar-refractivity contribution in [3.05, 3.63) is 65.7 Å². The largest absolute Gasteiger partial charge is 0.340 e. The Hall–Kier alpha value is -3.67. The van der Waals surface area contributed by atoms with Crippen molar-refractivity contribution in [2.45, 2.75) is 37.9 Å². The van der Waals surface area contributed by atoms with E-state index in [-0.39, 0.29) is 22.8 Å². The van der Waals surface area contributed by atoms with Gasteiger partial charge in [-0.05, 0) is 30.1 Å². The van der Waals surface area contributed by atoms with Gasteiger partial charge in [-0.1, -0.05) is 72.3 Å². The van der Waals surface area contributed by atoms with Gasteiger partial charge in [-0.15, -0.1) is 10.2 Å². The van der Waals surface area contributed by atoms with E-state index in [1.54, 1.807) is 0 Å². The Morgan fingerprint density at radius 1 is 0.844 bits per heavy atom. The highest BCUT2D eigenvalue weighted by atomic mass is 35.5. The summed E-state index contributed by atoms with van der Waals surface area (Å²) in [4.78, 5) is 28.8. The third-order valence-electron chi connectivity index (χ3n) is 9.19. The third kappa shape index (κ3) is 6.52. The van der Waals surface area contributed by atoms with Gasteiger partial charge in [-0.3, -0.25) is 9.69 Å². The van der Waals surface area contributed by atoms with Crippen molar-refractivity contribution < 1.29 is 9.59 Å². The SMILES string of the molecule is O=C1N[C@H]2C[SH](CCCCC(=O)N3CCN(CCn4nc(-c5ccccc5)c5c(Cl)c(-c6ccccc6)nnc54)CC3)C[C@H]2N1. The van der Waals surface area contributed by atoms with E-state index in [0.29, 0.717) is 41.4 Å². The molecule has 236 valence electrons. The Labute approximate surface area is 270 Å². The van der Waals surface area contributed by atoms with Crippen molar-refractivity contribution in [3.8, 4) is 22.5 Å². The van der Waals surface area contributed by atoms with Gasteiger partial charge in [0.25, 0.3) is 0 Å². The highest BCUT2D eigenvalue weighted by molar-refractivity contribution is 8.17. The zero-order valence-electron chi connectivity index (χ0n) is 25.2. The van der Waals surface area contributed by atoms with Crippen LogP contribution in [-0.2, 0) is 11.3 Å². The monoisotopic (exact) mass is 646 g/mol. The smallest absolute Gasteiger partial charge is 0.315 e. The fraction of sp³-hybridized carbons (Fsp3) is 0.424. The molecule has 5 heterocycles. The van der Waals surface area contributed by atoms with Crippen LogP contribution in [0.15, 0.2) is 60.7 Å². The van der Waals surface area contributed by atoms with Crippen LogP contribution in [0.5, 0.6) is 0 Å². The molecule has 10 nitrogen and oxygen atoms in total. The van der Waals surface area contributed by atoms with Gasteiger partial charge in [0.05, 0.1) is 29.0 Å². The number of carbonyl (C=O) groups excluding carboxylic acids is 2. The standard InChI is InChI=1S/C33H39ClN8O2S/c34-29-28-30(23-9-3-1-4-10-23)39-42(32(28)38-37-31(29)24-11-5-2-6-12-24)19-16-40-14-17-41(18-15-40)27(43)13-7-8-20-45-21-25-26(22-45)36-33(44)35-25/h1-6,9-12,25-26,45H,7-8,13-22H2,(H2,35,36,44)/t25-,26+. The van der Waals surface area contributed by atoms with Crippen LogP contribution in [0.4, 0.5) is 4.79 Å². The number of urea groups is 1. The number of amides is 3. The summed E-state index contributed by atoms with van der Waals surface area (Å²) < 4.78 is 1.92. The van der Waals surface area contributed by atoms with E-state index in [0.717, 1.165) is 79.3 Å². The maximum Gasteiger partial charge on any atom is 0.315 e. The average molecular weight is 647 g/mol. The molecule has 7 rings (SSSR count). The zero-order valence-corrected chi connectivity index (χ0v) is 26.9. The van der Waals surface area contributed by atoms with E-state index in [9.17, 15) is 9.59 Å². The quantitative estimate of drug-likeness (QED) is 0.136. The Balaban J connectivity index is 0.932. The molecule has 12 heteroatoms. The predicted octanol–water partition coefficient (Wildman–Crippen LogP) is 4.19. The van der Waals surface area contributed by atoms with Gasteiger partial charge in [-0.2, -0.15) is 5.10 Å². The first-order valence-electron chi connectivity index (χ1n) is 15.9. The second-order valence-electron chi connectivity index (χ2n) is 12.1. The molecule has 45 heavy (non-hydrogen) atoms. The molecule has 2 aromatic heterocycles. The number of carbonyl (C=O) groups is 2. The normalized spacial score (nSPS) is 22.4. The number of piperazine rings is 1. The Bertz CT molecular complexity index is 1650. The van der Waals surface area contributed by atoms with Crippen LogP contribution in [0.3, 0.4) is 0 Å². The molecule has 3 aliphatic rings. The van der Waals surface area contributed by atoms with Crippen LogP contribution in [0.25, 0.3) is 33.5 Å². The number of fused-ring (bicyclic) bond motifs is 2. The number of hydrogen-bond donors (Lipinski definition) is 3. The Kier molecular flexibility index (Phi) is 8.91. The number of halogens is 1. The number of hydrogen-bond acceptors (Lipinski definition) is 6. The first-order chi connectivity index (χ1) is 22.0. The number of aromatic nitrogens is 4. The molecule has 2 aromatic carbocycles. The number of benzene rings is 2. The lowest BCUT2D eigenvalue weighted by atomic mass is 10.1. The lowest BCUT2D eigenvalue weighted by Crippen LogP contribution is -2.49. The first kappa shape index (κ1) is 30.0. The summed E-state index contributed by atoms with van der Waals surface area (Å²) in [5.41, 5.74) is 4.03. The summed E-state index contributed by atoms with van der Waals surface area (Å²) in [5, 5.41) is 21.6. The van der Waals surface area contributed by atoms with Crippen LogP contribution >= 0.6 is 22.5 Å². The van der Waals surface area contributed by atoms with Crippen LogP contribution in [0.1, 0.15) is 19.3 Å². The van der Waals surface area contributed by atoms with Crippen molar-refractivity contribution in [3.63, 3.8) is 0 Å². The summed E-state index contributed by atoms with van der Waals surface area (Å²) in [7, 11) is -0.0416. The first-order valence-corrected chi connectivity index (χ1v) is 18.1. The summed E-state index contributed by atoms with van der Waals surface area (Å²) in [6.07, 6.45) is 2.66. The molecule has 3 fully saturated rings. The van der Waals surface area contributed by atoms with E-state index < -0.39 is 0 Å². The van der Waals surface area contributed by atoms with E-state index in [2.05, 4.69) is 25.7 Å². The van der Waals surface area contributed by atoms with Crippen molar-refractivity contribution >= 4 is 45.5 Å². The summed E-state index contributed by atoms with van der Waals surface area (Å²) in [6.45, 7) is 4.63. The van der Waals surface area contributed by atoms with Gasteiger partial charge >= 0.3 is 6.03 Å². The minimum Gasteiger partial charge on any atom is -0.340 e. The molecular formula is C33H39ClN8O2S. The molecule has 0 bridgehead atoms. The van der Waals surface area contributed by atoms with Crippen LogP contribution < -0.4 is 10.6 Å². The zero-order chi connectivity index (χ0) is 30.8. The molecule has 1 unspecified atom stereocenters. The fourth-order valence-corrected chi connectivity index (χ4v) is 10.0. The van der Waals surface area contributed by atoms with Gasteiger partial charge < -0.3 is 15.5 Å². The van der Waals surface area contributed by atoms with Gasteiger partial charge in [0.1, 0.15) is 11.4 Å². The molecule has 3 aliphatic heterocycles. The van der Waals surface area contributed by atoms with E-state index >= 15 is 0 Å². The molecule has 0 radical (unpaired) electrons. The molecule has 0 saturated carbocycles. The number of unbranched alkanes of at least 4 members (excludes halogenated alkanes) is 1. The number of thiol groups is 1. The molecule has 0 aliphatic carbocycles. The lowest BCUT2D eigenvalue weighted by molar-refractivity contribution is -0.133. The second-order valence-corrected chi connectivity index (χ2v) is 15.0. The lowest BCUT2D eigenvalue weighted by Gasteiger charge is -2.34. The molecule has 3 amide bonds. The summed E-state index contributed by atoms with van der Waals surface area (Å²) >= 11 is 7.02. The van der Waals surface area contributed by atoms with E-state index in [4.69, 9.17) is 16.7 Å². The fourth-order valence-electron chi connectivity index (χ4n) is 6.72. The molecule has 3 atom stereocenters. The summed E-state index contributed by atoms with van der Waals surface area (Å²) in [6, 6.07) is 20.6. The van der Waals surface area contributed by atoms with Crippen molar-refractivity contribution in [1.82, 2.24) is 40.4 Å². The molecule has 0 spiro atoms. The molecule has 4 aromatic rings. The summed E-state index contributed by atoms with van der Waals surface area (Å²) in [5.74, 6) is 3.69. The third-order valence-corrected chi connectivity index (χ3v) is 12.3. The van der Waals surface area contributed by atoms with Gasteiger partial charge in [0, 0.05) is 50.3 Å². The highest BCUT2D eigenvalue weighted by Crippen LogP contribution is 2.38. The van der Waals surface area contributed by atoms with Gasteiger partial charge in [-0.25, -0.2) is 20.4 Å². The maximum atomic E-state index is 12.9. The van der Waals surface area contributed by atoms with E-state index in [1.165, 1.54) is 5.75 Å². The van der Waals surface area contributed by atoms with Crippen LogP contribution in [0, 0.1) is 0 Å². The number of nitrogens with zero attached hydrogens (tertiary/aromatic N) is 6. The molecule has 3 saturated heterocycles. The van der Waals surface area contributed by atoms with Crippen LogP contribution in [-0.4, -0.2) is 104 Å². The van der Waals surface area contributed by atoms with Gasteiger partial charge in [0.15, 0.2) is 5.65 Å². The molecular weight excluding hydrogens is 608 g/mol. The minimum absolute atomic E-state index is 0.0192. The molecule has 2 N–H and O–H groups in total. The minimum atomic E-state index is -0.0416. The second kappa shape index (κ2) is 13.4. The Morgan fingerprint density at radius 3 is 2.16 bits per heavy atom. The predicted molar refractivity (Wildman–Crippen MR) is 181 cm³/mol. The van der Waals surface area contributed by atoms with E-state index in [1.807, 2.05) is 70.2 Å². The number of nitrogens with one attached hydrogen (secondary N) is 2. The van der Waals surface area contributed by atoms with Crippen LogP contribution in [0.2, 0.25) is 5.02 Å². The topological polar surface area (TPSA) is 108 Å². The van der Waals surface area contributed by atoms with Crippen molar-refractivity contribution in [2.75, 3.05) is 50.0 Å². The average Bonchev–Trinajstić information content (AvgIpc) is 3.74. The Morgan fingerprint density at radius 2 is 1.49 bits per heavy atom. The van der Waals surface area contributed by atoms with Crippen molar-refractivity contribution in [1.29, 1.82) is 0 Å².